The van der Waals surface area contributed by atoms with Crippen LogP contribution < -0.4 is 40.2 Å². The number of para-hydroxylation sites is 1. The lowest BCUT2D eigenvalue weighted by Gasteiger charge is -2.24. The van der Waals surface area contributed by atoms with Gasteiger partial charge < -0.3 is 55.3 Å². The number of benzene rings is 2. The van der Waals surface area contributed by atoms with E-state index in [2.05, 4.69) is 10.6 Å². The third-order valence-corrected chi connectivity index (χ3v) is 5.03. The van der Waals surface area contributed by atoms with E-state index in [1.54, 1.807) is 19.1 Å². The molecule has 0 radical (unpaired) electrons. The van der Waals surface area contributed by atoms with E-state index in [-0.39, 0.29) is 61.5 Å². The molecule has 0 heterocycles. The third-order valence-electron chi connectivity index (χ3n) is 5.03. The Balaban J connectivity index is 2.62. The first-order valence-electron chi connectivity index (χ1n) is 12.2. The molecule has 0 spiro atoms. The summed E-state index contributed by atoms with van der Waals surface area (Å²) in [6.07, 6.45) is -6.94. The van der Waals surface area contributed by atoms with Crippen LogP contribution in [0.5, 0.6) is 23.0 Å². The summed E-state index contributed by atoms with van der Waals surface area (Å²) in [4.78, 5) is 44.0. The van der Waals surface area contributed by atoms with Gasteiger partial charge in [0.1, 0.15) is 19.3 Å². The van der Waals surface area contributed by atoms with Crippen LogP contribution in [0.1, 0.15) is 12.5 Å². The Bertz CT molecular complexity index is 1310. The number of amides is 4. The van der Waals surface area contributed by atoms with Crippen molar-refractivity contribution in [3.63, 3.8) is 0 Å². The minimum absolute atomic E-state index is 0.0118. The van der Waals surface area contributed by atoms with Crippen molar-refractivity contribution < 1.29 is 58.6 Å². The van der Waals surface area contributed by atoms with Gasteiger partial charge in [0.15, 0.2) is 29.2 Å². The van der Waals surface area contributed by atoms with E-state index in [1.807, 2.05) is 16.7 Å². The normalized spacial score (nSPS) is 10.8. The predicted molar refractivity (Wildman–Crippen MR) is 142 cm³/mol. The van der Waals surface area contributed by atoms with Crippen molar-refractivity contribution in [3.05, 3.63) is 35.9 Å². The molecule has 2 aromatic rings. The molecule has 0 aromatic heterocycles. The molecule has 8 N–H and O–H groups in total. The van der Waals surface area contributed by atoms with Crippen LogP contribution >= 0.6 is 0 Å². The maximum Gasteiger partial charge on any atom is 0.407 e. The van der Waals surface area contributed by atoms with Crippen molar-refractivity contribution in [3.8, 4) is 40.2 Å². The van der Waals surface area contributed by atoms with Crippen molar-refractivity contribution in [1.29, 1.82) is 5.26 Å². The van der Waals surface area contributed by atoms with Gasteiger partial charge in [-0.1, -0.05) is 12.1 Å². The lowest BCUT2D eigenvalue weighted by atomic mass is 10.00. The molecule has 0 saturated carbocycles. The highest BCUT2D eigenvalue weighted by Crippen LogP contribution is 2.46. The summed E-state index contributed by atoms with van der Waals surface area (Å²) in [6, 6.07) is 9.55. The lowest BCUT2D eigenvalue weighted by Crippen LogP contribution is -2.46. The van der Waals surface area contributed by atoms with Crippen molar-refractivity contribution >= 4 is 24.4 Å². The van der Waals surface area contributed by atoms with Crippen LogP contribution in [0.3, 0.4) is 0 Å². The molecule has 42 heavy (non-hydrogen) atoms. The van der Waals surface area contributed by atoms with Gasteiger partial charge in [0.25, 0.3) is 0 Å². The van der Waals surface area contributed by atoms with Gasteiger partial charge in [0.05, 0.1) is 31.8 Å². The lowest BCUT2D eigenvalue weighted by molar-refractivity contribution is 0.128. The number of hydrogen-bond donors (Lipinski definition) is 8. The Morgan fingerprint density at radius 1 is 0.786 bits per heavy atom. The number of hydrogen-bond acceptors (Lipinski definition) is 9. The zero-order valence-corrected chi connectivity index (χ0v) is 22.2. The molecule has 0 fully saturated rings. The molecule has 0 aliphatic carbocycles. The molecule has 0 bridgehead atoms. The molecule has 0 aliphatic rings. The van der Waals surface area contributed by atoms with Crippen LogP contribution in [-0.4, -0.2) is 90.5 Å². The summed E-state index contributed by atoms with van der Waals surface area (Å²) in [6.45, 7) is 0.833. The molecule has 2 rings (SSSR count). The van der Waals surface area contributed by atoms with Crippen LogP contribution in [0.15, 0.2) is 30.3 Å². The van der Waals surface area contributed by atoms with Crippen LogP contribution in [0, 0.1) is 11.3 Å². The highest BCUT2D eigenvalue weighted by atomic mass is 16.5. The Morgan fingerprint density at radius 2 is 1.40 bits per heavy atom. The maximum absolute atomic E-state index is 11.3. The third kappa shape index (κ3) is 10.1. The highest BCUT2D eigenvalue weighted by molar-refractivity contribution is 5.82. The monoisotopic (exact) mass is 591 g/mol. The summed E-state index contributed by atoms with van der Waals surface area (Å²) in [5.74, 6) is 0.0743. The molecule has 17 nitrogen and oxygen atoms in total. The van der Waals surface area contributed by atoms with E-state index in [4.69, 9.17) is 34.3 Å². The van der Waals surface area contributed by atoms with E-state index in [1.165, 1.54) is 18.2 Å². The zero-order valence-electron chi connectivity index (χ0n) is 22.2. The second-order valence-electron chi connectivity index (χ2n) is 7.90. The average molecular weight is 592 g/mol. The molecule has 2 aromatic carbocycles. The van der Waals surface area contributed by atoms with Gasteiger partial charge in [-0.3, -0.25) is 5.32 Å². The number of nitriles is 1. The molecule has 17 heteroatoms. The molecule has 4 amide bonds. The van der Waals surface area contributed by atoms with Crippen molar-refractivity contribution in [1.82, 2.24) is 21.3 Å². The first-order chi connectivity index (χ1) is 20.1. The van der Waals surface area contributed by atoms with E-state index >= 15 is 0 Å². The van der Waals surface area contributed by atoms with Gasteiger partial charge in [-0.2, -0.15) is 5.26 Å². The van der Waals surface area contributed by atoms with Gasteiger partial charge in [-0.05, 0) is 25.1 Å². The molecule has 1 unspecified atom stereocenters. The van der Waals surface area contributed by atoms with E-state index < -0.39 is 37.1 Å². The number of ether oxygens (including phenoxy) is 4. The van der Waals surface area contributed by atoms with Crippen LogP contribution in [0.2, 0.25) is 0 Å². The van der Waals surface area contributed by atoms with Crippen LogP contribution in [0.25, 0.3) is 11.1 Å². The molecule has 0 saturated heterocycles. The fourth-order valence-corrected chi connectivity index (χ4v) is 3.47. The summed E-state index contributed by atoms with van der Waals surface area (Å²) < 4.78 is 23.2. The van der Waals surface area contributed by atoms with E-state index in [0.29, 0.717) is 11.1 Å². The number of carbonyl (C=O) groups is 4. The molecular formula is C25H29N5O12. The van der Waals surface area contributed by atoms with Gasteiger partial charge in [0, 0.05) is 11.1 Å². The summed E-state index contributed by atoms with van der Waals surface area (Å²) in [5, 5.41) is 54.0. The molecule has 226 valence electrons. The van der Waals surface area contributed by atoms with Crippen molar-refractivity contribution in [2.75, 3.05) is 39.5 Å². The van der Waals surface area contributed by atoms with Gasteiger partial charge in [0.2, 0.25) is 0 Å². The number of rotatable bonds is 16. The maximum atomic E-state index is 11.3. The average Bonchev–Trinajstić information content (AvgIpc) is 2.92. The quantitative estimate of drug-likeness (QED) is 0.103. The Morgan fingerprint density at radius 3 is 1.98 bits per heavy atom. The van der Waals surface area contributed by atoms with Gasteiger partial charge in [-0.15, -0.1) is 0 Å². The number of nitrogens with one attached hydrogen (secondary N) is 4. The minimum atomic E-state index is -1.52. The summed E-state index contributed by atoms with van der Waals surface area (Å²) >= 11 is 0. The summed E-state index contributed by atoms with van der Waals surface area (Å²) in [7, 11) is 0. The fraction of sp³-hybridized carbons (Fsp3) is 0.320. The standard InChI is InChI=1S/C25H29N5O12/c1-2-39-21-16(7-6-14(12-26)19(21)42-18(30-25(37)38)13-29-24(35)36)15-4-3-5-17(40-10-8-27-22(31)32)20(15)41-11-9-28-23(33)34/h3-7,18,27-30H,2,8-11,13H2,1H3,(H,31,32)(H,33,34)(H,35,36)(H,37,38). The largest absolute Gasteiger partial charge is 0.489 e. The van der Waals surface area contributed by atoms with Gasteiger partial charge >= 0.3 is 24.4 Å². The molecular weight excluding hydrogens is 562 g/mol. The Hall–Kier alpha value is -5.79. The Kier molecular flexibility index (Phi) is 12.6. The highest BCUT2D eigenvalue weighted by Gasteiger charge is 2.25. The molecule has 1 atom stereocenters. The topological polar surface area (TPSA) is 258 Å². The predicted octanol–water partition coefficient (Wildman–Crippen LogP) is 2.16. The number of carboxylic acid groups (broad SMARTS) is 4. The Labute approximate surface area is 238 Å². The van der Waals surface area contributed by atoms with Crippen molar-refractivity contribution in [2.24, 2.45) is 0 Å². The SMILES string of the molecule is CCOc1c(-c2cccc(OCCNC(=O)O)c2OCCNC(=O)O)ccc(C#N)c1OC(CNC(=O)O)NC(=O)O. The first-order valence-corrected chi connectivity index (χ1v) is 12.2. The fourth-order valence-electron chi connectivity index (χ4n) is 3.47. The second-order valence-corrected chi connectivity index (χ2v) is 7.90. The zero-order chi connectivity index (χ0) is 31.1. The summed E-state index contributed by atoms with van der Waals surface area (Å²) in [5.41, 5.74) is 0.564. The molecule has 0 aliphatic heterocycles. The minimum Gasteiger partial charge on any atom is -0.489 e. The van der Waals surface area contributed by atoms with Crippen LogP contribution in [-0.2, 0) is 0 Å². The smallest absolute Gasteiger partial charge is 0.407 e. The van der Waals surface area contributed by atoms with E-state index in [0.717, 1.165) is 0 Å². The van der Waals surface area contributed by atoms with Crippen molar-refractivity contribution in [2.45, 2.75) is 13.2 Å². The van der Waals surface area contributed by atoms with Gasteiger partial charge in [-0.25, -0.2) is 19.2 Å². The first kappa shape index (κ1) is 32.4. The van der Waals surface area contributed by atoms with E-state index in [9.17, 15) is 29.5 Å². The second kappa shape index (κ2) is 16.3. The number of nitrogens with zero attached hydrogens (tertiary/aromatic N) is 1. The van der Waals surface area contributed by atoms with Crippen LogP contribution in [0.4, 0.5) is 19.2 Å².